The van der Waals surface area contributed by atoms with E-state index in [0.29, 0.717) is 0 Å². The molecule has 2 aromatic carbocycles. The second kappa shape index (κ2) is 7.40. The topological polar surface area (TPSA) is 54.9 Å². The van der Waals surface area contributed by atoms with Crippen molar-refractivity contribution in [3.05, 3.63) is 66.2 Å². The van der Waals surface area contributed by atoms with Crippen LogP contribution in [0.4, 0.5) is 4.39 Å². The maximum absolute atomic E-state index is 12.9. The van der Waals surface area contributed by atoms with E-state index in [0.717, 1.165) is 21.5 Å². The van der Waals surface area contributed by atoms with Crippen molar-refractivity contribution in [2.45, 2.75) is 18.0 Å². The van der Waals surface area contributed by atoms with Crippen LogP contribution in [-0.4, -0.2) is 21.6 Å². The van der Waals surface area contributed by atoms with Crippen molar-refractivity contribution < 1.29 is 9.18 Å². The number of hydrogen-bond acceptors (Lipinski definition) is 4. The van der Waals surface area contributed by atoms with Gasteiger partial charge < -0.3 is 5.32 Å². The SMILES string of the molecule is CC(NC(=O)CSc1ncnc2ccccc12)c1ccc(F)cc1. The molecule has 1 N–H and O–H groups in total. The number of halogens is 1. The second-order valence-corrected chi connectivity index (χ2v) is 6.29. The molecule has 0 bridgehead atoms. The van der Waals surface area contributed by atoms with E-state index in [1.165, 1.54) is 30.2 Å². The van der Waals surface area contributed by atoms with Gasteiger partial charge in [0.25, 0.3) is 0 Å². The van der Waals surface area contributed by atoms with E-state index in [-0.39, 0.29) is 23.5 Å². The molecule has 4 nitrogen and oxygen atoms in total. The quantitative estimate of drug-likeness (QED) is 0.567. The van der Waals surface area contributed by atoms with E-state index < -0.39 is 0 Å². The molecule has 24 heavy (non-hydrogen) atoms. The highest BCUT2D eigenvalue weighted by molar-refractivity contribution is 8.00. The number of carbonyl (C=O) groups is 1. The zero-order valence-electron chi connectivity index (χ0n) is 13.1. The normalized spacial score (nSPS) is 12.1. The summed E-state index contributed by atoms with van der Waals surface area (Å²) in [5.41, 5.74) is 1.72. The minimum Gasteiger partial charge on any atom is -0.349 e. The zero-order chi connectivity index (χ0) is 16.9. The lowest BCUT2D eigenvalue weighted by atomic mass is 10.1. The minimum atomic E-state index is -0.288. The average molecular weight is 341 g/mol. The summed E-state index contributed by atoms with van der Waals surface area (Å²) in [6.07, 6.45) is 1.50. The van der Waals surface area contributed by atoms with E-state index in [1.54, 1.807) is 12.1 Å². The highest BCUT2D eigenvalue weighted by Gasteiger charge is 2.11. The molecule has 0 spiro atoms. The molecular weight excluding hydrogens is 325 g/mol. The van der Waals surface area contributed by atoms with Crippen LogP contribution in [0.25, 0.3) is 10.9 Å². The van der Waals surface area contributed by atoms with Gasteiger partial charge in [0, 0.05) is 5.39 Å². The first-order valence-corrected chi connectivity index (χ1v) is 8.49. The van der Waals surface area contributed by atoms with Crippen molar-refractivity contribution in [1.29, 1.82) is 0 Å². The number of carbonyl (C=O) groups excluding carboxylic acids is 1. The summed E-state index contributed by atoms with van der Waals surface area (Å²) in [6, 6.07) is 13.6. The van der Waals surface area contributed by atoms with Crippen LogP contribution in [0.1, 0.15) is 18.5 Å². The Hall–Kier alpha value is -2.47. The molecule has 0 radical (unpaired) electrons. The Balaban J connectivity index is 1.62. The highest BCUT2D eigenvalue weighted by Crippen LogP contribution is 2.24. The molecule has 6 heteroatoms. The number of thioether (sulfide) groups is 1. The summed E-state index contributed by atoms with van der Waals surface area (Å²) in [5.74, 6) is -0.130. The number of fused-ring (bicyclic) bond motifs is 1. The molecule has 1 atom stereocenters. The fourth-order valence-corrected chi connectivity index (χ4v) is 3.15. The molecule has 0 aliphatic rings. The van der Waals surface area contributed by atoms with Gasteiger partial charge in [-0.25, -0.2) is 14.4 Å². The lowest BCUT2D eigenvalue weighted by molar-refractivity contribution is -0.119. The Morgan fingerprint density at radius 1 is 1.17 bits per heavy atom. The summed E-state index contributed by atoms with van der Waals surface area (Å²) < 4.78 is 12.9. The largest absolute Gasteiger partial charge is 0.349 e. The van der Waals surface area contributed by atoms with Gasteiger partial charge in [-0.2, -0.15) is 0 Å². The number of aromatic nitrogens is 2. The fourth-order valence-electron chi connectivity index (χ4n) is 2.35. The third-order valence-corrected chi connectivity index (χ3v) is 4.60. The predicted molar refractivity (Wildman–Crippen MR) is 93.2 cm³/mol. The van der Waals surface area contributed by atoms with E-state index in [9.17, 15) is 9.18 Å². The van der Waals surface area contributed by atoms with Crippen molar-refractivity contribution in [3.8, 4) is 0 Å². The van der Waals surface area contributed by atoms with Gasteiger partial charge in [-0.3, -0.25) is 4.79 Å². The van der Waals surface area contributed by atoms with Gasteiger partial charge in [-0.1, -0.05) is 42.1 Å². The van der Waals surface area contributed by atoms with Crippen LogP contribution in [0.3, 0.4) is 0 Å². The number of benzene rings is 2. The lowest BCUT2D eigenvalue weighted by Gasteiger charge is -2.14. The molecule has 3 rings (SSSR count). The van der Waals surface area contributed by atoms with Crippen molar-refractivity contribution in [3.63, 3.8) is 0 Å². The molecule has 1 aromatic heterocycles. The lowest BCUT2D eigenvalue weighted by Crippen LogP contribution is -2.28. The molecule has 0 saturated heterocycles. The molecule has 3 aromatic rings. The van der Waals surface area contributed by atoms with E-state index >= 15 is 0 Å². The van der Waals surface area contributed by atoms with Gasteiger partial charge in [0.05, 0.1) is 17.3 Å². The Kier molecular flexibility index (Phi) is 5.05. The van der Waals surface area contributed by atoms with Crippen LogP contribution in [0, 0.1) is 5.82 Å². The van der Waals surface area contributed by atoms with Crippen molar-refractivity contribution >= 4 is 28.6 Å². The molecule has 0 saturated carbocycles. The summed E-state index contributed by atoms with van der Waals surface area (Å²) in [4.78, 5) is 20.6. The van der Waals surface area contributed by atoms with Gasteiger partial charge in [0.2, 0.25) is 5.91 Å². The Bertz CT molecular complexity index is 849. The van der Waals surface area contributed by atoms with Gasteiger partial charge in [0.15, 0.2) is 0 Å². The van der Waals surface area contributed by atoms with E-state index in [1.807, 2.05) is 31.2 Å². The highest BCUT2D eigenvalue weighted by atomic mass is 32.2. The Morgan fingerprint density at radius 2 is 1.92 bits per heavy atom. The van der Waals surface area contributed by atoms with Crippen molar-refractivity contribution in [2.75, 3.05) is 5.75 Å². The predicted octanol–water partition coefficient (Wildman–Crippen LogP) is 3.74. The molecule has 0 aliphatic carbocycles. The number of nitrogens with zero attached hydrogens (tertiary/aromatic N) is 2. The first-order valence-electron chi connectivity index (χ1n) is 7.51. The van der Waals surface area contributed by atoms with Gasteiger partial charge in [-0.05, 0) is 30.7 Å². The Morgan fingerprint density at radius 3 is 2.71 bits per heavy atom. The van der Waals surface area contributed by atoms with Crippen LogP contribution in [-0.2, 0) is 4.79 Å². The van der Waals surface area contributed by atoms with Gasteiger partial charge in [0.1, 0.15) is 17.2 Å². The fraction of sp³-hybridized carbons (Fsp3) is 0.167. The van der Waals surface area contributed by atoms with Crippen molar-refractivity contribution in [2.24, 2.45) is 0 Å². The van der Waals surface area contributed by atoms with Crippen LogP contribution in [0.5, 0.6) is 0 Å². The van der Waals surface area contributed by atoms with Crippen LogP contribution < -0.4 is 5.32 Å². The monoisotopic (exact) mass is 341 g/mol. The molecule has 1 unspecified atom stereocenters. The average Bonchev–Trinajstić information content (AvgIpc) is 2.60. The summed E-state index contributed by atoms with van der Waals surface area (Å²) in [6.45, 7) is 1.87. The first-order chi connectivity index (χ1) is 11.6. The van der Waals surface area contributed by atoms with Crippen LogP contribution >= 0.6 is 11.8 Å². The maximum atomic E-state index is 12.9. The molecule has 122 valence electrons. The van der Waals surface area contributed by atoms with Crippen LogP contribution in [0.15, 0.2) is 59.9 Å². The first kappa shape index (κ1) is 16.4. The minimum absolute atomic E-state index is 0.0977. The number of hydrogen-bond donors (Lipinski definition) is 1. The standard InChI is InChI=1S/C18H16FN3OS/c1-12(13-6-8-14(19)9-7-13)22-17(23)10-24-18-15-4-2-3-5-16(15)20-11-21-18/h2-9,11-12H,10H2,1H3,(H,22,23). The van der Waals surface area contributed by atoms with E-state index in [4.69, 9.17) is 0 Å². The van der Waals surface area contributed by atoms with Crippen molar-refractivity contribution in [1.82, 2.24) is 15.3 Å². The molecule has 1 heterocycles. The number of rotatable bonds is 5. The summed E-state index contributed by atoms with van der Waals surface area (Å²) in [5, 5.41) is 4.63. The number of nitrogens with one attached hydrogen (secondary N) is 1. The summed E-state index contributed by atoms with van der Waals surface area (Å²) in [7, 11) is 0. The maximum Gasteiger partial charge on any atom is 0.230 e. The third kappa shape index (κ3) is 3.89. The van der Waals surface area contributed by atoms with Crippen LogP contribution in [0.2, 0.25) is 0 Å². The van der Waals surface area contributed by atoms with E-state index in [2.05, 4.69) is 15.3 Å². The Labute approximate surface area is 143 Å². The molecule has 1 amide bonds. The number of para-hydroxylation sites is 1. The van der Waals surface area contributed by atoms with Gasteiger partial charge in [-0.15, -0.1) is 0 Å². The third-order valence-electron chi connectivity index (χ3n) is 3.59. The van der Waals surface area contributed by atoms with Gasteiger partial charge >= 0.3 is 0 Å². The zero-order valence-corrected chi connectivity index (χ0v) is 13.9. The molecule has 0 fully saturated rings. The second-order valence-electron chi connectivity index (χ2n) is 5.33. The molecular formula is C18H16FN3OS. The smallest absolute Gasteiger partial charge is 0.230 e. The molecule has 0 aliphatic heterocycles. The summed E-state index contributed by atoms with van der Waals surface area (Å²) >= 11 is 1.37. The number of amides is 1.